The maximum Gasteiger partial charge on any atom is 0.356 e. The number of halogens is 4. The normalized spacial score (nSPS) is 24.9. The van der Waals surface area contributed by atoms with E-state index in [0.29, 0.717) is 6.92 Å². The Morgan fingerprint density at radius 1 is 1.35 bits per heavy atom. The number of alkyl halides is 4. The van der Waals surface area contributed by atoms with Crippen LogP contribution in [0.25, 0.3) is 0 Å². The molecule has 0 aliphatic heterocycles. The van der Waals surface area contributed by atoms with Gasteiger partial charge in [0.1, 0.15) is 23.7 Å². The van der Waals surface area contributed by atoms with E-state index in [1.165, 1.54) is 6.92 Å². The topological polar surface area (TPSA) is 44.1 Å². The van der Waals surface area contributed by atoms with Gasteiger partial charge in [0.2, 0.25) is 0 Å². The first-order valence-corrected chi connectivity index (χ1v) is 7.56. The molecule has 0 aromatic carbocycles. The van der Waals surface area contributed by atoms with Gasteiger partial charge in [-0.2, -0.15) is 13.9 Å². The molecule has 0 bridgehead atoms. The average molecular weight is 336 g/mol. The van der Waals surface area contributed by atoms with E-state index in [0.717, 1.165) is 4.68 Å². The molecule has 130 valence electrons. The van der Waals surface area contributed by atoms with E-state index in [4.69, 9.17) is 4.74 Å². The van der Waals surface area contributed by atoms with Crippen molar-refractivity contribution in [2.45, 2.75) is 58.4 Å². The quantitative estimate of drug-likeness (QED) is 0.610. The van der Waals surface area contributed by atoms with E-state index in [-0.39, 0.29) is 37.3 Å². The summed E-state index contributed by atoms with van der Waals surface area (Å²) >= 11 is 0. The maximum atomic E-state index is 13.6. The van der Waals surface area contributed by atoms with Crippen molar-refractivity contribution in [3.63, 3.8) is 0 Å². The largest absolute Gasteiger partial charge is 0.461 e. The van der Waals surface area contributed by atoms with E-state index in [1.54, 1.807) is 6.92 Å². The summed E-state index contributed by atoms with van der Waals surface area (Å²) in [6, 6.07) is 0. The summed E-state index contributed by atoms with van der Waals surface area (Å²) in [7, 11) is 0. The van der Waals surface area contributed by atoms with Crippen molar-refractivity contribution in [2.75, 3.05) is 6.61 Å². The zero-order chi connectivity index (χ0) is 17.4. The van der Waals surface area contributed by atoms with Crippen molar-refractivity contribution in [3.8, 4) is 0 Å². The highest BCUT2D eigenvalue weighted by molar-refractivity contribution is 5.89. The number of nitrogens with zero attached hydrogens (tertiary/aromatic N) is 2. The lowest BCUT2D eigenvalue weighted by atomic mass is 10.1. The molecule has 1 aliphatic rings. The van der Waals surface area contributed by atoms with Crippen molar-refractivity contribution in [3.05, 3.63) is 17.0 Å². The molecule has 0 N–H and O–H groups in total. The van der Waals surface area contributed by atoms with Gasteiger partial charge in [0.05, 0.1) is 6.61 Å². The summed E-state index contributed by atoms with van der Waals surface area (Å²) in [6.07, 6.45) is -3.15. The molecule has 0 spiro atoms. The summed E-state index contributed by atoms with van der Waals surface area (Å²) in [6.45, 7) is 3.75. The van der Waals surface area contributed by atoms with Gasteiger partial charge in [-0.3, -0.25) is 4.68 Å². The Kier molecular flexibility index (Phi) is 5.01. The lowest BCUT2D eigenvalue weighted by molar-refractivity contribution is 0.0113. The third-order valence-electron chi connectivity index (χ3n) is 4.01. The molecule has 1 saturated carbocycles. The monoisotopic (exact) mass is 336 g/mol. The first-order chi connectivity index (χ1) is 10.6. The number of esters is 1. The van der Waals surface area contributed by atoms with Gasteiger partial charge < -0.3 is 4.74 Å². The molecule has 1 aromatic heterocycles. The average Bonchev–Trinajstić information content (AvgIpc) is 2.90. The highest BCUT2D eigenvalue weighted by Crippen LogP contribution is 2.34. The zero-order valence-electron chi connectivity index (χ0n) is 13.3. The minimum atomic E-state index is -3.22. The van der Waals surface area contributed by atoms with Crippen LogP contribution in [-0.4, -0.2) is 34.7 Å². The van der Waals surface area contributed by atoms with E-state index in [1.807, 2.05) is 0 Å². The molecule has 1 fully saturated rings. The molecule has 2 rings (SSSR count). The van der Waals surface area contributed by atoms with Crippen LogP contribution < -0.4 is 0 Å². The second-order valence-corrected chi connectivity index (χ2v) is 5.98. The molecule has 1 aliphatic carbocycles. The van der Waals surface area contributed by atoms with Gasteiger partial charge in [0.25, 0.3) is 5.92 Å². The minimum absolute atomic E-state index is 0.00586. The Morgan fingerprint density at radius 2 is 1.91 bits per heavy atom. The van der Waals surface area contributed by atoms with Crippen LogP contribution in [0.5, 0.6) is 0 Å². The summed E-state index contributed by atoms with van der Waals surface area (Å²) in [4.78, 5) is 12.1. The number of rotatable bonds is 5. The third kappa shape index (κ3) is 3.67. The fraction of sp³-hybridized carbons (Fsp3) is 0.733. The van der Waals surface area contributed by atoms with E-state index in [9.17, 15) is 22.4 Å². The highest BCUT2D eigenvalue weighted by Gasteiger charge is 2.38. The van der Waals surface area contributed by atoms with Gasteiger partial charge in [-0.15, -0.1) is 0 Å². The SMILES string of the molecule is CCOC(=O)c1c(C)c(C(C)(F)F)nn1CC1CC(F)C(F)C1. The predicted octanol–water partition coefficient (Wildman–Crippen LogP) is 3.57. The first-order valence-electron chi connectivity index (χ1n) is 7.56. The Balaban J connectivity index is 2.35. The highest BCUT2D eigenvalue weighted by atomic mass is 19.3. The van der Waals surface area contributed by atoms with Crippen molar-refractivity contribution in [2.24, 2.45) is 5.92 Å². The number of hydrogen-bond donors (Lipinski definition) is 0. The second-order valence-electron chi connectivity index (χ2n) is 5.98. The van der Waals surface area contributed by atoms with Crippen LogP contribution >= 0.6 is 0 Å². The third-order valence-corrected chi connectivity index (χ3v) is 4.01. The fourth-order valence-electron chi connectivity index (χ4n) is 2.98. The van der Waals surface area contributed by atoms with Crippen LogP contribution in [0.15, 0.2) is 0 Å². The summed E-state index contributed by atoms with van der Waals surface area (Å²) in [5.41, 5.74) is -0.573. The standard InChI is InChI=1S/C15H20F4N2O2/c1-4-23-14(22)12-8(2)13(15(3,18)19)20-21(12)7-9-5-10(16)11(17)6-9/h9-11H,4-7H2,1-3H3. The molecule has 8 heteroatoms. The van der Waals surface area contributed by atoms with Crippen LogP contribution in [0.1, 0.15) is 48.4 Å². The van der Waals surface area contributed by atoms with Crippen LogP contribution in [-0.2, 0) is 17.2 Å². The second kappa shape index (κ2) is 6.49. The molecular formula is C15H20F4N2O2. The fourth-order valence-corrected chi connectivity index (χ4v) is 2.98. The number of ether oxygens (including phenoxy) is 1. The lowest BCUT2D eigenvalue weighted by Gasteiger charge is -2.12. The number of hydrogen-bond acceptors (Lipinski definition) is 3. The van der Waals surface area contributed by atoms with Crippen LogP contribution in [0, 0.1) is 12.8 Å². The van der Waals surface area contributed by atoms with Gasteiger partial charge in [-0.05, 0) is 32.6 Å². The smallest absolute Gasteiger partial charge is 0.356 e. The summed E-state index contributed by atoms with van der Waals surface area (Å²) in [5, 5.41) is 3.82. The van der Waals surface area contributed by atoms with Gasteiger partial charge in [-0.25, -0.2) is 13.6 Å². The molecule has 2 unspecified atom stereocenters. The molecule has 0 amide bonds. The van der Waals surface area contributed by atoms with Crippen molar-refractivity contribution in [1.29, 1.82) is 0 Å². The Labute approximate surface area is 131 Å². The Bertz CT molecular complexity index is 573. The van der Waals surface area contributed by atoms with Crippen LogP contribution in [0.4, 0.5) is 17.6 Å². The first kappa shape index (κ1) is 17.7. The molecule has 23 heavy (non-hydrogen) atoms. The number of carbonyl (C=O) groups is 1. The zero-order valence-corrected chi connectivity index (χ0v) is 13.3. The molecule has 4 nitrogen and oxygen atoms in total. The minimum Gasteiger partial charge on any atom is -0.461 e. The van der Waals surface area contributed by atoms with Gasteiger partial charge in [-0.1, -0.05) is 0 Å². The van der Waals surface area contributed by atoms with Gasteiger partial charge in [0, 0.05) is 19.0 Å². The molecule has 1 aromatic rings. The maximum absolute atomic E-state index is 13.6. The Morgan fingerprint density at radius 3 is 2.39 bits per heavy atom. The van der Waals surface area contributed by atoms with Crippen LogP contribution in [0.3, 0.4) is 0 Å². The lowest BCUT2D eigenvalue weighted by Crippen LogP contribution is -2.18. The van der Waals surface area contributed by atoms with Crippen LogP contribution in [0.2, 0.25) is 0 Å². The summed E-state index contributed by atoms with van der Waals surface area (Å²) in [5.74, 6) is -4.39. The van der Waals surface area contributed by atoms with Crippen molar-refractivity contribution >= 4 is 5.97 Å². The molecule has 2 atom stereocenters. The molecule has 0 radical (unpaired) electrons. The van der Waals surface area contributed by atoms with E-state index < -0.39 is 35.8 Å². The molecule has 1 heterocycles. The predicted molar refractivity (Wildman–Crippen MR) is 75.0 cm³/mol. The Hall–Kier alpha value is -1.60. The van der Waals surface area contributed by atoms with E-state index >= 15 is 0 Å². The number of aromatic nitrogens is 2. The van der Waals surface area contributed by atoms with Crippen molar-refractivity contribution < 1.29 is 27.1 Å². The van der Waals surface area contributed by atoms with E-state index in [2.05, 4.69) is 5.10 Å². The summed E-state index contributed by atoms with van der Waals surface area (Å²) < 4.78 is 59.9. The van der Waals surface area contributed by atoms with Gasteiger partial charge >= 0.3 is 5.97 Å². The van der Waals surface area contributed by atoms with Gasteiger partial charge in [0.15, 0.2) is 0 Å². The molecule has 0 saturated heterocycles. The number of carbonyl (C=O) groups excluding carboxylic acids is 1. The van der Waals surface area contributed by atoms with Crippen molar-refractivity contribution in [1.82, 2.24) is 9.78 Å². The molecular weight excluding hydrogens is 316 g/mol.